The Kier molecular flexibility index (Phi) is 5.69. The number of hydrogen-bond acceptors (Lipinski definition) is 7. The summed E-state index contributed by atoms with van der Waals surface area (Å²) in [5.74, 6) is 0.105. The summed E-state index contributed by atoms with van der Waals surface area (Å²) in [6.07, 6.45) is 7.61. The molecule has 1 fully saturated rings. The Morgan fingerprint density at radius 3 is 3.00 bits per heavy atom. The number of halogens is 1. The lowest BCUT2D eigenvalue weighted by Crippen LogP contribution is -2.27. The molecule has 2 atom stereocenters. The molecule has 4 aromatic rings. The second-order valence-electron chi connectivity index (χ2n) is 7.95. The number of aliphatic hydroxyl groups excluding tert-OH is 1. The van der Waals surface area contributed by atoms with E-state index in [1.807, 2.05) is 0 Å². The number of H-pyrrole nitrogens is 1. The molecule has 3 heterocycles. The zero-order valence-corrected chi connectivity index (χ0v) is 18.6. The van der Waals surface area contributed by atoms with Gasteiger partial charge in [-0.15, -0.1) is 0 Å². The molecule has 33 heavy (non-hydrogen) atoms. The van der Waals surface area contributed by atoms with Crippen molar-refractivity contribution >= 4 is 34.2 Å². The minimum Gasteiger partial charge on any atom is -0.496 e. The first kappa shape index (κ1) is 21.4. The number of anilines is 1. The van der Waals surface area contributed by atoms with Gasteiger partial charge in [-0.3, -0.25) is 14.6 Å². The third-order valence-corrected chi connectivity index (χ3v) is 6.11. The van der Waals surface area contributed by atoms with Gasteiger partial charge in [-0.1, -0.05) is 24.4 Å². The predicted molar refractivity (Wildman–Crippen MR) is 122 cm³/mol. The van der Waals surface area contributed by atoms with Crippen molar-refractivity contribution in [3.8, 4) is 17.0 Å². The Morgan fingerprint density at radius 2 is 2.18 bits per heavy atom. The standard InChI is InChI=1S/C22H22ClN7O3/c1-33-18-7-6-12(23)8-13(18)19-15(10-30(29-19)16-4-2-3-5-17(16)31)26-22(32)21-20-14(27-28-21)9-24-11-25-20/h6-11,16-17,31H,2-5H2,1H3,(H,26,32)(H,27,28)/t16-,17-/m1/s1. The summed E-state index contributed by atoms with van der Waals surface area (Å²) in [4.78, 5) is 21.2. The summed E-state index contributed by atoms with van der Waals surface area (Å²) in [7, 11) is 1.56. The molecule has 1 aliphatic carbocycles. The summed E-state index contributed by atoms with van der Waals surface area (Å²) in [6.45, 7) is 0. The van der Waals surface area contributed by atoms with Crippen molar-refractivity contribution in [1.29, 1.82) is 0 Å². The van der Waals surface area contributed by atoms with Crippen LogP contribution in [0.25, 0.3) is 22.3 Å². The van der Waals surface area contributed by atoms with Crippen LogP contribution in [0.5, 0.6) is 5.75 Å². The van der Waals surface area contributed by atoms with E-state index in [1.165, 1.54) is 6.33 Å². The number of ether oxygens (including phenoxy) is 1. The average Bonchev–Trinajstić information content (AvgIpc) is 3.44. The minimum absolute atomic E-state index is 0.141. The van der Waals surface area contributed by atoms with Gasteiger partial charge in [-0.25, -0.2) is 9.97 Å². The van der Waals surface area contributed by atoms with Crippen LogP contribution in [0.1, 0.15) is 42.2 Å². The fourth-order valence-corrected chi connectivity index (χ4v) is 4.40. The van der Waals surface area contributed by atoms with Crippen LogP contribution in [0.2, 0.25) is 5.02 Å². The van der Waals surface area contributed by atoms with E-state index in [0.29, 0.717) is 45.2 Å². The number of nitrogens with zero attached hydrogens (tertiary/aromatic N) is 5. The lowest BCUT2D eigenvalue weighted by atomic mass is 9.93. The van der Waals surface area contributed by atoms with Crippen molar-refractivity contribution in [3.63, 3.8) is 0 Å². The van der Waals surface area contributed by atoms with Gasteiger partial charge in [0.15, 0.2) is 5.69 Å². The van der Waals surface area contributed by atoms with Crippen LogP contribution in [0.3, 0.4) is 0 Å². The van der Waals surface area contributed by atoms with Crippen LogP contribution < -0.4 is 10.1 Å². The number of aliphatic hydroxyl groups is 1. The first-order valence-corrected chi connectivity index (χ1v) is 11.0. The van der Waals surface area contributed by atoms with Crippen molar-refractivity contribution in [2.75, 3.05) is 12.4 Å². The van der Waals surface area contributed by atoms with Gasteiger partial charge in [0.1, 0.15) is 28.8 Å². The number of hydrogen-bond donors (Lipinski definition) is 3. The fraction of sp³-hybridized carbons (Fsp3) is 0.318. The van der Waals surface area contributed by atoms with Gasteiger partial charge in [-0.05, 0) is 31.0 Å². The van der Waals surface area contributed by atoms with Gasteiger partial charge in [-0.2, -0.15) is 10.2 Å². The molecule has 0 spiro atoms. The van der Waals surface area contributed by atoms with Crippen LogP contribution in [0.4, 0.5) is 5.69 Å². The number of amides is 1. The Labute approximate surface area is 194 Å². The number of carbonyl (C=O) groups is 1. The molecule has 1 amide bonds. The highest BCUT2D eigenvalue weighted by atomic mass is 35.5. The molecule has 0 bridgehead atoms. The monoisotopic (exact) mass is 467 g/mol. The number of aromatic amines is 1. The molecule has 1 saturated carbocycles. The predicted octanol–water partition coefficient (Wildman–Crippen LogP) is 3.61. The number of rotatable bonds is 5. The lowest BCUT2D eigenvalue weighted by Gasteiger charge is -2.27. The smallest absolute Gasteiger partial charge is 0.278 e. The quantitative estimate of drug-likeness (QED) is 0.408. The molecule has 1 aliphatic rings. The molecule has 10 nitrogen and oxygen atoms in total. The van der Waals surface area contributed by atoms with E-state index in [1.54, 1.807) is 42.4 Å². The Morgan fingerprint density at radius 1 is 1.33 bits per heavy atom. The van der Waals surface area contributed by atoms with Crippen molar-refractivity contribution in [1.82, 2.24) is 29.9 Å². The molecule has 0 radical (unpaired) electrons. The molecule has 0 unspecified atom stereocenters. The van der Waals surface area contributed by atoms with Crippen molar-refractivity contribution in [2.24, 2.45) is 0 Å². The largest absolute Gasteiger partial charge is 0.496 e. The summed E-state index contributed by atoms with van der Waals surface area (Å²) < 4.78 is 7.24. The molecule has 5 rings (SSSR count). The van der Waals surface area contributed by atoms with E-state index in [4.69, 9.17) is 21.4 Å². The normalized spacial score (nSPS) is 18.4. The minimum atomic E-state index is -0.511. The van der Waals surface area contributed by atoms with Crippen LogP contribution in [-0.2, 0) is 0 Å². The molecule has 3 aromatic heterocycles. The maximum absolute atomic E-state index is 13.1. The number of aromatic nitrogens is 6. The van der Waals surface area contributed by atoms with Gasteiger partial charge in [0.05, 0.1) is 31.1 Å². The maximum Gasteiger partial charge on any atom is 0.278 e. The topological polar surface area (TPSA) is 131 Å². The maximum atomic E-state index is 13.1. The third kappa shape index (κ3) is 4.03. The van der Waals surface area contributed by atoms with E-state index in [-0.39, 0.29) is 11.7 Å². The molecular weight excluding hydrogens is 446 g/mol. The molecule has 0 aliphatic heterocycles. The van der Waals surface area contributed by atoms with Gasteiger partial charge in [0.25, 0.3) is 5.91 Å². The van der Waals surface area contributed by atoms with E-state index in [2.05, 4.69) is 25.5 Å². The van der Waals surface area contributed by atoms with E-state index in [0.717, 1.165) is 19.3 Å². The zero-order chi connectivity index (χ0) is 22.9. The first-order chi connectivity index (χ1) is 16.0. The van der Waals surface area contributed by atoms with Gasteiger partial charge >= 0.3 is 0 Å². The first-order valence-electron chi connectivity index (χ1n) is 10.6. The fourth-order valence-electron chi connectivity index (χ4n) is 4.23. The van der Waals surface area contributed by atoms with Crippen molar-refractivity contribution in [3.05, 3.63) is 47.6 Å². The van der Waals surface area contributed by atoms with Crippen LogP contribution in [-0.4, -0.2) is 54.2 Å². The van der Waals surface area contributed by atoms with E-state index in [9.17, 15) is 9.90 Å². The molecule has 3 N–H and O–H groups in total. The molecule has 11 heteroatoms. The Hall–Kier alpha value is -3.50. The van der Waals surface area contributed by atoms with Crippen molar-refractivity contribution in [2.45, 2.75) is 37.8 Å². The highest BCUT2D eigenvalue weighted by molar-refractivity contribution is 6.31. The molecule has 0 saturated heterocycles. The number of carbonyl (C=O) groups excluding carboxylic acids is 1. The van der Waals surface area contributed by atoms with Crippen LogP contribution in [0.15, 0.2) is 36.9 Å². The average molecular weight is 468 g/mol. The highest BCUT2D eigenvalue weighted by Crippen LogP contribution is 2.38. The van der Waals surface area contributed by atoms with Crippen LogP contribution >= 0.6 is 11.6 Å². The Balaban J connectivity index is 1.58. The van der Waals surface area contributed by atoms with Gasteiger partial charge in [0, 0.05) is 16.8 Å². The summed E-state index contributed by atoms with van der Waals surface area (Å²) in [5.41, 5.74) is 2.67. The Bertz CT molecular complexity index is 1320. The van der Waals surface area contributed by atoms with Gasteiger partial charge < -0.3 is 15.2 Å². The number of nitrogens with one attached hydrogen (secondary N) is 2. The summed E-state index contributed by atoms with van der Waals surface area (Å²) in [5, 5.41) is 25.6. The zero-order valence-electron chi connectivity index (χ0n) is 17.8. The number of methoxy groups -OCH3 is 1. The molecule has 1 aromatic carbocycles. The van der Waals surface area contributed by atoms with Gasteiger partial charge in [0.2, 0.25) is 0 Å². The lowest BCUT2D eigenvalue weighted by molar-refractivity contribution is 0.0696. The molecular formula is C22H22ClN7O3. The van der Waals surface area contributed by atoms with Crippen molar-refractivity contribution < 1.29 is 14.6 Å². The number of fused-ring (bicyclic) bond motifs is 1. The second kappa shape index (κ2) is 8.80. The third-order valence-electron chi connectivity index (χ3n) is 5.87. The van der Waals surface area contributed by atoms with E-state index < -0.39 is 12.0 Å². The van der Waals surface area contributed by atoms with Crippen LogP contribution in [0, 0.1) is 0 Å². The second-order valence-corrected chi connectivity index (χ2v) is 8.38. The summed E-state index contributed by atoms with van der Waals surface area (Å²) >= 11 is 6.26. The highest BCUT2D eigenvalue weighted by Gasteiger charge is 2.28. The number of benzene rings is 1. The molecule has 170 valence electrons. The van der Waals surface area contributed by atoms with E-state index >= 15 is 0 Å². The SMILES string of the molecule is COc1ccc(Cl)cc1-c1nn([C@@H]2CCCC[C@H]2O)cc1NC(=O)c1n[nH]c2cncnc12. The summed E-state index contributed by atoms with van der Waals surface area (Å²) in [6, 6.07) is 5.01.